The molecule has 118 valence electrons. The van der Waals surface area contributed by atoms with Gasteiger partial charge in [0.2, 0.25) is 0 Å². The van der Waals surface area contributed by atoms with E-state index in [1.54, 1.807) is 0 Å². The second kappa shape index (κ2) is 8.35. The first kappa shape index (κ1) is 16.3. The van der Waals surface area contributed by atoms with Crippen LogP contribution < -0.4 is 0 Å². The monoisotopic (exact) mass is 282 g/mol. The Balaban J connectivity index is 1.79. The predicted octanol–water partition coefficient (Wildman–Crippen LogP) is 2.59. The Morgan fingerprint density at radius 1 is 0.950 bits per heavy atom. The summed E-state index contributed by atoms with van der Waals surface area (Å²) >= 11 is 0. The number of rotatable bonds is 5. The lowest BCUT2D eigenvalue weighted by molar-refractivity contribution is 0.0693. The Morgan fingerprint density at radius 2 is 1.55 bits per heavy atom. The standard InChI is InChI=1S/C17H34N2O/c1-15(2)19-11-7-16(8-12-19)17(14-20)13-18-9-5-3-4-6-10-18/h15-17,20H,3-14H2,1-2H3. The summed E-state index contributed by atoms with van der Waals surface area (Å²) in [5, 5.41) is 9.81. The van der Waals surface area contributed by atoms with Crippen molar-refractivity contribution < 1.29 is 5.11 Å². The van der Waals surface area contributed by atoms with E-state index in [9.17, 15) is 5.11 Å². The van der Waals surface area contributed by atoms with Crippen LogP contribution in [-0.2, 0) is 0 Å². The Morgan fingerprint density at radius 3 is 2.05 bits per heavy atom. The molecule has 0 spiro atoms. The molecule has 2 saturated heterocycles. The maximum Gasteiger partial charge on any atom is 0.0474 e. The molecule has 0 bridgehead atoms. The Kier molecular flexibility index (Phi) is 6.79. The highest BCUT2D eigenvalue weighted by Gasteiger charge is 2.28. The quantitative estimate of drug-likeness (QED) is 0.839. The zero-order chi connectivity index (χ0) is 14.4. The van der Waals surface area contributed by atoms with E-state index < -0.39 is 0 Å². The van der Waals surface area contributed by atoms with Crippen LogP contribution in [0, 0.1) is 11.8 Å². The van der Waals surface area contributed by atoms with Crippen molar-refractivity contribution in [3.63, 3.8) is 0 Å². The van der Waals surface area contributed by atoms with Crippen molar-refractivity contribution in [1.82, 2.24) is 9.80 Å². The Labute approximate surface area is 125 Å². The molecule has 2 fully saturated rings. The number of hydrogen-bond acceptors (Lipinski definition) is 3. The fourth-order valence-corrected chi connectivity index (χ4v) is 3.91. The van der Waals surface area contributed by atoms with Gasteiger partial charge in [0, 0.05) is 19.2 Å². The van der Waals surface area contributed by atoms with E-state index in [0.717, 1.165) is 12.5 Å². The summed E-state index contributed by atoms with van der Waals surface area (Å²) in [5.41, 5.74) is 0. The maximum atomic E-state index is 9.81. The van der Waals surface area contributed by atoms with Gasteiger partial charge in [-0.1, -0.05) is 12.8 Å². The molecule has 1 atom stereocenters. The zero-order valence-corrected chi connectivity index (χ0v) is 13.6. The minimum Gasteiger partial charge on any atom is -0.396 e. The van der Waals surface area contributed by atoms with Gasteiger partial charge in [-0.25, -0.2) is 0 Å². The Bertz CT molecular complexity index is 254. The smallest absolute Gasteiger partial charge is 0.0474 e. The summed E-state index contributed by atoms with van der Waals surface area (Å²) in [5.74, 6) is 1.24. The molecule has 20 heavy (non-hydrogen) atoms. The van der Waals surface area contributed by atoms with E-state index in [4.69, 9.17) is 0 Å². The van der Waals surface area contributed by atoms with E-state index in [0.29, 0.717) is 18.6 Å². The summed E-state index contributed by atoms with van der Waals surface area (Å²) in [6.45, 7) is 11.0. The van der Waals surface area contributed by atoms with Gasteiger partial charge >= 0.3 is 0 Å². The minimum atomic E-state index is 0.378. The van der Waals surface area contributed by atoms with E-state index in [-0.39, 0.29) is 0 Å². The highest BCUT2D eigenvalue weighted by molar-refractivity contribution is 4.81. The van der Waals surface area contributed by atoms with Gasteiger partial charge in [-0.15, -0.1) is 0 Å². The highest BCUT2D eigenvalue weighted by atomic mass is 16.3. The lowest BCUT2D eigenvalue weighted by Crippen LogP contribution is -2.43. The molecule has 1 N–H and O–H groups in total. The molecule has 3 heteroatoms. The van der Waals surface area contributed by atoms with Crippen LogP contribution in [0.2, 0.25) is 0 Å². The fourth-order valence-electron chi connectivity index (χ4n) is 3.91. The van der Waals surface area contributed by atoms with Gasteiger partial charge in [-0.05, 0) is 77.5 Å². The lowest BCUT2D eigenvalue weighted by atomic mass is 9.84. The van der Waals surface area contributed by atoms with Crippen molar-refractivity contribution in [3.05, 3.63) is 0 Å². The molecule has 0 aromatic rings. The van der Waals surface area contributed by atoms with Crippen molar-refractivity contribution >= 4 is 0 Å². The third-order valence-corrected chi connectivity index (χ3v) is 5.40. The molecule has 2 rings (SSSR count). The topological polar surface area (TPSA) is 26.7 Å². The molecule has 0 amide bonds. The normalized spacial score (nSPS) is 25.8. The van der Waals surface area contributed by atoms with Crippen molar-refractivity contribution in [2.45, 2.75) is 58.4 Å². The third-order valence-electron chi connectivity index (χ3n) is 5.40. The third kappa shape index (κ3) is 4.71. The molecule has 0 aromatic heterocycles. The van der Waals surface area contributed by atoms with Gasteiger partial charge in [-0.3, -0.25) is 0 Å². The van der Waals surface area contributed by atoms with E-state index in [1.165, 1.54) is 64.7 Å². The fraction of sp³-hybridized carbons (Fsp3) is 1.00. The average molecular weight is 282 g/mol. The molecule has 1 unspecified atom stereocenters. The van der Waals surface area contributed by atoms with Gasteiger partial charge in [0.05, 0.1) is 0 Å². The number of piperidine rings is 1. The van der Waals surface area contributed by atoms with Crippen LogP contribution in [-0.4, -0.2) is 60.3 Å². The van der Waals surface area contributed by atoms with Crippen LogP contribution in [0.4, 0.5) is 0 Å². The van der Waals surface area contributed by atoms with Crippen LogP contribution in [0.5, 0.6) is 0 Å². The molecule has 3 nitrogen and oxygen atoms in total. The summed E-state index contributed by atoms with van der Waals surface area (Å²) < 4.78 is 0. The van der Waals surface area contributed by atoms with Crippen molar-refractivity contribution in [2.75, 3.05) is 39.3 Å². The average Bonchev–Trinajstić information content (AvgIpc) is 2.73. The van der Waals surface area contributed by atoms with Crippen LogP contribution in [0.25, 0.3) is 0 Å². The van der Waals surface area contributed by atoms with Crippen molar-refractivity contribution in [1.29, 1.82) is 0 Å². The SMILES string of the molecule is CC(C)N1CCC(C(CO)CN2CCCCCC2)CC1. The van der Waals surface area contributed by atoms with E-state index in [2.05, 4.69) is 23.6 Å². The molecular weight excluding hydrogens is 248 g/mol. The largest absolute Gasteiger partial charge is 0.396 e. The molecule has 2 aliphatic heterocycles. The molecule has 0 radical (unpaired) electrons. The van der Waals surface area contributed by atoms with Crippen LogP contribution in [0.1, 0.15) is 52.4 Å². The Hall–Kier alpha value is -0.120. The predicted molar refractivity (Wildman–Crippen MR) is 84.9 cm³/mol. The van der Waals surface area contributed by atoms with Gasteiger partial charge < -0.3 is 14.9 Å². The summed E-state index contributed by atoms with van der Waals surface area (Å²) in [6.07, 6.45) is 8.04. The van der Waals surface area contributed by atoms with E-state index >= 15 is 0 Å². The molecule has 0 aromatic carbocycles. The summed E-state index contributed by atoms with van der Waals surface area (Å²) in [7, 11) is 0. The number of aliphatic hydroxyl groups is 1. The number of hydrogen-bond donors (Lipinski definition) is 1. The molecule has 2 aliphatic rings. The van der Waals surface area contributed by atoms with Gasteiger partial charge in [0.15, 0.2) is 0 Å². The zero-order valence-electron chi connectivity index (χ0n) is 13.6. The van der Waals surface area contributed by atoms with Crippen molar-refractivity contribution in [3.8, 4) is 0 Å². The first-order valence-electron chi connectivity index (χ1n) is 8.78. The van der Waals surface area contributed by atoms with Crippen molar-refractivity contribution in [2.24, 2.45) is 11.8 Å². The second-order valence-corrected chi connectivity index (χ2v) is 7.12. The van der Waals surface area contributed by atoms with E-state index in [1.807, 2.05) is 0 Å². The van der Waals surface area contributed by atoms with Gasteiger partial charge in [-0.2, -0.15) is 0 Å². The van der Waals surface area contributed by atoms with Gasteiger partial charge in [0.1, 0.15) is 0 Å². The number of nitrogens with zero attached hydrogens (tertiary/aromatic N) is 2. The molecule has 0 aliphatic carbocycles. The number of likely N-dealkylation sites (tertiary alicyclic amines) is 2. The molecule has 0 saturated carbocycles. The van der Waals surface area contributed by atoms with Crippen LogP contribution >= 0.6 is 0 Å². The number of aliphatic hydroxyl groups excluding tert-OH is 1. The minimum absolute atomic E-state index is 0.378. The van der Waals surface area contributed by atoms with Gasteiger partial charge in [0.25, 0.3) is 0 Å². The van der Waals surface area contributed by atoms with Crippen LogP contribution in [0.15, 0.2) is 0 Å². The molecular formula is C17H34N2O. The van der Waals surface area contributed by atoms with Crippen LogP contribution in [0.3, 0.4) is 0 Å². The first-order valence-corrected chi connectivity index (χ1v) is 8.78. The lowest BCUT2D eigenvalue weighted by Gasteiger charge is -2.39. The maximum absolute atomic E-state index is 9.81. The molecule has 2 heterocycles. The second-order valence-electron chi connectivity index (χ2n) is 7.12. The first-order chi connectivity index (χ1) is 9.70. The highest BCUT2D eigenvalue weighted by Crippen LogP contribution is 2.27. The summed E-state index contributed by atoms with van der Waals surface area (Å²) in [6, 6.07) is 0.675. The summed E-state index contributed by atoms with van der Waals surface area (Å²) in [4.78, 5) is 5.19.